The van der Waals surface area contributed by atoms with E-state index in [0.717, 1.165) is 11.3 Å². The minimum atomic E-state index is -0.142. The molecule has 2 aromatic carbocycles. The molecule has 1 amide bonds. The van der Waals surface area contributed by atoms with Gasteiger partial charge in [0, 0.05) is 12.2 Å². The Morgan fingerprint density at radius 2 is 2.00 bits per heavy atom. The van der Waals surface area contributed by atoms with Crippen LogP contribution < -0.4 is 14.8 Å². The average molecular weight is 473 g/mol. The lowest BCUT2D eigenvalue weighted by molar-refractivity contribution is -0.113. The maximum absolute atomic E-state index is 12.4. The van der Waals surface area contributed by atoms with Gasteiger partial charge >= 0.3 is 0 Å². The van der Waals surface area contributed by atoms with Crippen molar-refractivity contribution in [2.24, 2.45) is 0 Å². The highest BCUT2D eigenvalue weighted by Gasteiger charge is 2.15. The van der Waals surface area contributed by atoms with Gasteiger partial charge in [0.25, 0.3) is 0 Å². The molecule has 0 bridgehead atoms. The van der Waals surface area contributed by atoms with Gasteiger partial charge in [0.2, 0.25) is 5.91 Å². The minimum Gasteiger partial charge on any atom is -0.494 e. The summed E-state index contributed by atoms with van der Waals surface area (Å²) in [6.45, 7) is 8.98. The Hall–Kier alpha value is -2.97. The van der Waals surface area contributed by atoms with Crippen molar-refractivity contribution >= 4 is 35.0 Å². The number of carbonyl (C=O) groups is 1. The Kier molecular flexibility index (Phi) is 8.58. The molecule has 0 saturated heterocycles. The van der Waals surface area contributed by atoms with Crippen molar-refractivity contribution in [2.75, 3.05) is 17.7 Å². The summed E-state index contributed by atoms with van der Waals surface area (Å²) < 4.78 is 13.1. The topological polar surface area (TPSA) is 78.3 Å². The number of nitrogens with one attached hydrogen (secondary N) is 1. The maximum Gasteiger partial charge on any atom is 0.234 e. The predicted octanol–water partition coefficient (Wildman–Crippen LogP) is 5.13. The smallest absolute Gasteiger partial charge is 0.234 e. The molecule has 7 nitrogen and oxygen atoms in total. The minimum absolute atomic E-state index is 0.142. The zero-order chi connectivity index (χ0) is 22.9. The summed E-state index contributed by atoms with van der Waals surface area (Å²) >= 11 is 7.50. The standard InChI is InChI=1S/C23H25ClN4O3S/c1-4-12-28-21(14-31-20-13-16(3)6-11-19(20)24)26-27-23(28)32-15-22(29)25-17-7-9-18(10-8-17)30-5-2/h4,6-11,13H,1,5,12,14-15H2,2-3H3,(H,25,29). The van der Waals surface area contributed by atoms with Crippen molar-refractivity contribution in [1.29, 1.82) is 0 Å². The molecule has 1 heterocycles. The average Bonchev–Trinajstić information content (AvgIpc) is 3.16. The molecule has 0 aliphatic rings. The third kappa shape index (κ3) is 6.51. The van der Waals surface area contributed by atoms with Crippen molar-refractivity contribution < 1.29 is 14.3 Å². The molecule has 0 aliphatic carbocycles. The van der Waals surface area contributed by atoms with Gasteiger partial charge in [-0.05, 0) is 55.8 Å². The number of nitrogens with zero attached hydrogens (tertiary/aromatic N) is 3. The Morgan fingerprint density at radius 3 is 2.72 bits per heavy atom. The Labute approximate surface area is 196 Å². The lowest BCUT2D eigenvalue weighted by Gasteiger charge is -2.11. The van der Waals surface area contributed by atoms with Gasteiger partial charge in [0.1, 0.15) is 18.1 Å². The molecule has 168 valence electrons. The molecule has 0 fully saturated rings. The van der Waals surface area contributed by atoms with Crippen LogP contribution >= 0.6 is 23.4 Å². The van der Waals surface area contributed by atoms with E-state index >= 15 is 0 Å². The van der Waals surface area contributed by atoms with Crippen LogP contribution in [-0.2, 0) is 17.9 Å². The fourth-order valence-corrected chi connectivity index (χ4v) is 3.78. The second-order valence-corrected chi connectivity index (χ2v) is 8.16. The molecule has 32 heavy (non-hydrogen) atoms. The summed E-state index contributed by atoms with van der Waals surface area (Å²) in [5, 5.41) is 12.4. The molecule has 0 saturated carbocycles. The zero-order valence-electron chi connectivity index (χ0n) is 18.0. The first-order valence-corrected chi connectivity index (χ1v) is 11.4. The molecule has 1 N–H and O–H groups in total. The van der Waals surface area contributed by atoms with Crippen molar-refractivity contribution in [3.8, 4) is 11.5 Å². The predicted molar refractivity (Wildman–Crippen MR) is 128 cm³/mol. The number of ether oxygens (including phenoxy) is 2. The van der Waals surface area contributed by atoms with Crippen LogP contribution in [0, 0.1) is 6.92 Å². The lowest BCUT2D eigenvalue weighted by atomic mass is 10.2. The Balaban J connectivity index is 1.60. The molecule has 0 atom stereocenters. The number of anilines is 1. The molecule has 0 unspecified atom stereocenters. The van der Waals surface area contributed by atoms with Crippen LogP contribution in [0.3, 0.4) is 0 Å². The first-order chi connectivity index (χ1) is 15.5. The fraction of sp³-hybridized carbons (Fsp3) is 0.261. The highest BCUT2D eigenvalue weighted by Crippen LogP contribution is 2.26. The monoisotopic (exact) mass is 472 g/mol. The summed E-state index contributed by atoms with van der Waals surface area (Å²) in [5.74, 6) is 2.02. The van der Waals surface area contributed by atoms with E-state index in [9.17, 15) is 4.79 Å². The second-order valence-electron chi connectivity index (χ2n) is 6.81. The molecule has 0 radical (unpaired) electrons. The van der Waals surface area contributed by atoms with E-state index in [0.29, 0.717) is 40.6 Å². The number of rotatable bonds is 11. The number of amides is 1. The molecular weight excluding hydrogens is 448 g/mol. The van der Waals surface area contributed by atoms with Crippen molar-refractivity contribution in [1.82, 2.24) is 14.8 Å². The third-order valence-electron chi connectivity index (χ3n) is 4.33. The normalized spacial score (nSPS) is 10.6. The number of carbonyl (C=O) groups excluding carboxylic acids is 1. The SMILES string of the molecule is C=CCn1c(COc2cc(C)ccc2Cl)nnc1SCC(=O)Nc1ccc(OCC)cc1. The van der Waals surface area contributed by atoms with E-state index in [4.69, 9.17) is 21.1 Å². The number of thioether (sulfide) groups is 1. The summed E-state index contributed by atoms with van der Waals surface area (Å²) in [7, 11) is 0. The van der Waals surface area contributed by atoms with Crippen LogP contribution in [0.1, 0.15) is 18.3 Å². The van der Waals surface area contributed by atoms with E-state index < -0.39 is 0 Å². The summed E-state index contributed by atoms with van der Waals surface area (Å²) in [6.07, 6.45) is 1.75. The Bertz CT molecular complexity index is 1070. The van der Waals surface area contributed by atoms with E-state index in [1.165, 1.54) is 11.8 Å². The molecule has 9 heteroatoms. The van der Waals surface area contributed by atoms with Gasteiger partial charge in [-0.1, -0.05) is 35.5 Å². The van der Waals surface area contributed by atoms with Gasteiger partial charge in [-0.3, -0.25) is 9.36 Å². The van der Waals surface area contributed by atoms with Gasteiger partial charge in [0.15, 0.2) is 11.0 Å². The Morgan fingerprint density at radius 1 is 1.22 bits per heavy atom. The highest BCUT2D eigenvalue weighted by molar-refractivity contribution is 7.99. The number of halogens is 1. The van der Waals surface area contributed by atoms with Crippen LogP contribution in [0.4, 0.5) is 5.69 Å². The molecule has 0 aliphatic heterocycles. The third-order valence-corrected chi connectivity index (χ3v) is 5.61. The number of hydrogen-bond donors (Lipinski definition) is 1. The molecule has 3 rings (SSSR count). The quantitative estimate of drug-likeness (QED) is 0.307. The molecule has 1 aromatic heterocycles. The number of hydrogen-bond acceptors (Lipinski definition) is 6. The summed E-state index contributed by atoms with van der Waals surface area (Å²) in [4.78, 5) is 12.4. The first kappa shape index (κ1) is 23.7. The van der Waals surface area contributed by atoms with Crippen LogP contribution in [0.2, 0.25) is 5.02 Å². The zero-order valence-corrected chi connectivity index (χ0v) is 19.6. The molecule has 0 spiro atoms. The molecule has 3 aromatic rings. The van der Waals surface area contributed by atoms with Crippen LogP contribution in [-0.4, -0.2) is 33.0 Å². The number of benzene rings is 2. The van der Waals surface area contributed by atoms with Crippen LogP contribution in [0.25, 0.3) is 0 Å². The van der Waals surface area contributed by atoms with Crippen molar-refractivity contribution in [3.63, 3.8) is 0 Å². The van der Waals surface area contributed by atoms with E-state index in [1.807, 2.05) is 42.7 Å². The lowest BCUT2D eigenvalue weighted by Crippen LogP contribution is -2.15. The summed E-state index contributed by atoms with van der Waals surface area (Å²) in [5.41, 5.74) is 1.75. The van der Waals surface area contributed by atoms with Gasteiger partial charge in [0.05, 0.1) is 17.4 Å². The maximum atomic E-state index is 12.4. The fourth-order valence-electron chi connectivity index (χ4n) is 2.84. The number of allylic oxidation sites excluding steroid dienone is 1. The van der Waals surface area contributed by atoms with Crippen molar-refractivity contribution in [3.05, 3.63) is 71.5 Å². The van der Waals surface area contributed by atoms with Gasteiger partial charge in [-0.25, -0.2) is 0 Å². The number of aryl methyl sites for hydroxylation is 1. The highest BCUT2D eigenvalue weighted by atomic mass is 35.5. The van der Waals surface area contributed by atoms with E-state index in [2.05, 4.69) is 22.1 Å². The summed E-state index contributed by atoms with van der Waals surface area (Å²) in [6, 6.07) is 12.8. The van der Waals surface area contributed by atoms with E-state index in [1.54, 1.807) is 24.3 Å². The van der Waals surface area contributed by atoms with Gasteiger partial charge in [-0.2, -0.15) is 0 Å². The molecular formula is C23H25ClN4O3S. The van der Waals surface area contributed by atoms with Gasteiger partial charge in [-0.15, -0.1) is 16.8 Å². The van der Waals surface area contributed by atoms with E-state index in [-0.39, 0.29) is 18.3 Å². The second kappa shape index (κ2) is 11.6. The number of aromatic nitrogens is 3. The van der Waals surface area contributed by atoms with Crippen LogP contribution in [0.15, 0.2) is 60.3 Å². The van der Waals surface area contributed by atoms with Crippen LogP contribution in [0.5, 0.6) is 11.5 Å². The van der Waals surface area contributed by atoms with Gasteiger partial charge < -0.3 is 14.8 Å². The first-order valence-electron chi connectivity index (χ1n) is 10.1. The largest absolute Gasteiger partial charge is 0.494 e. The van der Waals surface area contributed by atoms with Crippen molar-refractivity contribution in [2.45, 2.75) is 32.2 Å².